The summed E-state index contributed by atoms with van der Waals surface area (Å²) < 4.78 is 0. The summed E-state index contributed by atoms with van der Waals surface area (Å²) in [5.41, 5.74) is -0.533. The van der Waals surface area contributed by atoms with Crippen molar-refractivity contribution in [2.75, 3.05) is 12.0 Å². The molecule has 0 spiro atoms. The maximum Gasteiger partial charge on any atom is 0.333 e. The molecule has 12 heavy (non-hydrogen) atoms. The molecule has 0 heterocycles. The molecule has 0 bridgehead atoms. The van der Waals surface area contributed by atoms with E-state index in [1.165, 1.54) is 0 Å². The fourth-order valence-electron chi connectivity index (χ4n) is 0.836. The Morgan fingerprint density at radius 2 is 2.08 bits per heavy atom. The smallest absolute Gasteiger partial charge is 0.333 e. The van der Waals surface area contributed by atoms with Crippen molar-refractivity contribution in [2.24, 2.45) is 5.41 Å². The number of carboxylic acid groups (broad SMARTS) is 1. The Balaban J connectivity index is 4.08. The summed E-state index contributed by atoms with van der Waals surface area (Å²) in [4.78, 5) is 10.5. The Morgan fingerprint density at radius 1 is 1.58 bits per heavy atom. The molecular formula is C8H16O3S. The third kappa shape index (κ3) is 3.45. The average molecular weight is 192 g/mol. The highest BCUT2D eigenvalue weighted by Crippen LogP contribution is 2.26. The van der Waals surface area contributed by atoms with Crippen molar-refractivity contribution in [1.82, 2.24) is 0 Å². The van der Waals surface area contributed by atoms with Crippen LogP contribution in [0, 0.1) is 5.41 Å². The predicted molar refractivity (Wildman–Crippen MR) is 50.4 cm³/mol. The van der Waals surface area contributed by atoms with Gasteiger partial charge in [-0.05, 0) is 18.4 Å². The lowest BCUT2D eigenvalue weighted by Crippen LogP contribution is -2.36. The molecular weight excluding hydrogens is 176 g/mol. The van der Waals surface area contributed by atoms with Gasteiger partial charge < -0.3 is 10.2 Å². The summed E-state index contributed by atoms with van der Waals surface area (Å²) in [6.07, 6.45) is 1.41. The predicted octanol–water partition coefficient (Wildman–Crippen LogP) is 1.21. The number of carboxylic acids is 1. The zero-order valence-corrected chi connectivity index (χ0v) is 8.52. The van der Waals surface area contributed by atoms with E-state index in [2.05, 4.69) is 0 Å². The van der Waals surface area contributed by atoms with Crippen molar-refractivity contribution >= 4 is 17.7 Å². The van der Waals surface area contributed by atoms with Crippen LogP contribution in [-0.2, 0) is 4.79 Å². The fraction of sp³-hybridized carbons (Fsp3) is 0.875. The molecule has 0 aromatic heterocycles. The maximum atomic E-state index is 10.5. The number of carbonyl (C=O) groups is 1. The highest BCUT2D eigenvalue weighted by Gasteiger charge is 2.32. The summed E-state index contributed by atoms with van der Waals surface area (Å²) in [6, 6.07) is 0. The van der Waals surface area contributed by atoms with E-state index in [1.807, 2.05) is 6.26 Å². The molecule has 0 saturated heterocycles. The van der Waals surface area contributed by atoms with Gasteiger partial charge in [0, 0.05) is 5.41 Å². The number of aliphatic hydroxyl groups excluding tert-OH is 1. The number of thioether (sulfide) groups is 1. The van der Waals surface area contributed by atoms with Crippen molar-refractivity contribution in [1.29, 1.82) is 0 Å². The topological polar surface area (TPSA) is 57.5 Å². The first kappa shape index (κ1) is 11.8. The molecule has 0 aromatic carbocycles. The molecule has 0 aromatic rings. The molecule has 0 aliphatic carbocycles. The fourth-order valence-corrected chi connectivity index (χ4v) is 1.57. The zero-order chi connectivity index (χ0) is 9.78. The molecule has 0 amide bonds. The molecule has 1 unspecified atom stereocenters. The van der Waals surface area contributed by atoms with Crippen LogP contribution in [0.5, 0.6) is 0 Å². The molecule has 0 fully saturated rings. The van der Waals surface area contributed by atoms with Crippen LogP contribution in [0.1, 0.15) is 20.3 Å². The largest absolute Gasteiger partial charge is 0.479 e. The third-order valence-electron chi connectivity index (χ3n) is 1.92. The van der Waals surface area contributed by atoms with Gasteiger partial charge in [-0.1, -0.05) is 13.8 Å². The van der Waals surface area contributed by atoms with Crippen LogP contribution in [0.4, 0.5) is 0 Å². The van der Waals surface area contributed by atoms with Gasteiger partial charge >= 0.3 is 5.97 Å². The van der Waals surface area contributed by atoms with E-state index < -0.39 is 17.5 Å². The number of hydrogen-bond acceptors (Lipinski definition) is 3. The number of hydrogen-bond donors (Lipinski definition) is 2. The molecule has 2 N–H and O–H groups in total. The minimum Gasteiger partial charge on any atom is -0.479 e. The second kappa shape index (κ2) is 4.72. The van der Waals surface area contributed by atoms with E-state index in [0.29, 0.717) is 6.42 Å². The highest BCUT2D eigenvalue weighted by atomic mass is 32.2. The van der Waals surface area contributed by atoms with Crippen molar-refractivity contribution in [3.05, 3.63) is 0 Å². The lowest BCUT2D eigenvalue weighted by atomic mass is 9.84. The van der Waals surface area contributed by atoms with Crippen molar-refractivity contribution in [2.45, 2.75) is 26.4 Å². The molecule has 0 saturated carbocycles. The summed E-state index contributed by atoms with van der Waals surface area (Å²) in [7, 11) is 0. The van der Waals surface area contributed by atoms with Gasteiger partial charge in [-0.15, -0.1) is 0 Å². The standard InChI is InChI=1S/C8H16O3S/c1-8(2,4-5-12-3)6(9)7(10)11/h6,9H,4-5H2,1-3H3,(H,10,11). The van der Waals surface area contributed by atoms with Gasteiger partial charge in [-0.3, -0.25) is 0 Å². The van der Waals surface area contributed by atoms with Gasteiger partial charge in [0.25, 0.3) is 0 Å². The Labute approximate surface area is 77.2 Å². The van der Waals surface area contributed by atoms with Crippen LogP contribution in [-0.4, -0.2) is 34.3 Å². The summed E-state index contributed by atoms with van der Waals surface area (Å²) in [5.74, 6) is -0.266. The molecule has 0 aliphatic heterocycles. The van der Waals surface area contributed by atoms with Gasteiger partial charge in [0.15, 0.2) is 6.10 Å². The van der Waals surface area contributed by atoms with Crippen LogP contribution in [0.25, 0.3) is 0 Å². The van der Waals surface area contributed by atoms with Gasteiger partial charge in [0.2, 0.25) is 0 Å². The maximum absolute atomic E-state index is 10.5. The molecule has 72 valence electrons. The van der Waals surface area contributed by atoms with Crippen LogP contribution in [0.15, 0.2) is 0 Å². The number of aliphatic carboxylic acids is 1. The molecule has 3 nitrogen and oxygen atoms in total. The summed E-state index contributed by atoms with van der Waals surface area (Å²) in [6.45, 7) is 3.53. The number of rotatable bonds is 5. The minimum atomic E-state index is -1.26. The Kier molecular flexibility index (Phi) is 4.63. The summed E-state index contributed by atoms with van der Waals surface area (Å²) >= 11 is 1.65. The Morgan fingerprint density at radius 3 is 2.42 bits per heavy atom. The normalized spacial score (nSPS) is 14.3. The van der Waals surface area contributed by atoms with E-state index >= 15 is 0 Å². The molecule has 0 aliphatic rings. The van der Waals surface area contributed by atoms with Gasteiger partial charge in [0.1, 0.15) is 0 Å². The van der Waals surface area contributed by atoms with Crippen molar-refractivity contribution in [3.8, 4) is 0 Å². The summed E-state index contributed by atoms with van der Waals surface area (Å²) in [5, 5.41) is 17.8. The van der Waals surface area contributed by atoms with Crippen LogP contribution < -0.4 is 0 Å². The first-order chi connectivity index (χ1) is 5.41. The minimum absolute atomic E-state index is 0.533. The monoisotopic (exact) mass is 192 g/mol. The van der Waals surface area contributed by atoms with Crippen LogP contribution in [0.2, 0.25) is 0 Å². The Hall–Kier alpha value is -0.220. The number of aliphatic hydroxyl groups is 1. The van der Waals surface area contributed by atoms with E-state index in [1.54, 1.807) is 25.6 Å². The second-order valence-corrected chi connectivity index (χ2v) is 4.46. The van der Waals surface area contributed by atoms with Crippen LogP contribution >= 0.6 is 11.8 Å². The van der Waals surface area contributed by atoms with E-state index in [-0.39, 0.29) is 0 Å². The van der Waals surface area contributed by atoms with Crippen molar-refractivity contribution < 1.29 is 15.0 Å². The van der Waals surface area contributed by atoms with Gasteiger partial charge in [0.05, 0.1) is 0 Å². The highest BCUT2D eigenvalue weighted by molar-refractivity contribution is 7.98. The second-order valence-electron chi connectivity index (χ2n) is 3.47. The first-order valence-corrected chi connectivity index (χ1v) is 5.21. The molecule has 0 rings (SSSR count). The first-order valence-electron chi connectivity index (χ1n) is 3.81. The quantitative estimate of drug-likeness (QED) is 0.687. The molecule has 1 atom stereocenters. The van der Waals surface area contributed by atoms with E-state index in [4.69, 9.17) is 5.11 Å². The lowest BCUT2D eigenvalue weighted by Gasteiger charge is -2.27. The van der Waals surface area contributed by atoms with Crippen molar-refractivity contribution in [3.63, 3.8) is 0 Å². The average Bonchev–Trinajstić information content (AvgIpc) is 1.99. The molecule has 4 heteroatoms. The van der Waals surface area contributed by atoms with Gasteiger partial charge in [-0.25, -0.2) is 4.79 Å². The zero-order valence-electron chi connectivity index (χ0n) is 7.70. The van der Waals surface area contributed by atoms with Gasteiger partial charge in [-0.2, -0.15) is 11.8 Å². The SMILES string of the molecule is CSCCC(C)(C)C(O)C(=O)O. The Bertz CT molecular complexity index is 156. The van der Waals surface area contributed by atoms with E-state index in [9.17, 15) is 9.90 Å². The van der Waals surface area contributed by atoms with E-state index in [0.717, 1.165) is 5.75 Å². The van der Waals surface area contributed by atoms with Crippen LogP contribution in [0.3, 0.4) is 0 Å². The molecule has 0 radical (unpaired) electrons. The lowest BCUT2D eigenvalue weighted by molar-refractivity contribution is -0.153. The third-order valence-corrected chi connectivity index (χ3v) is 2.54.